The minimum absolute atomic E-state index is 0.249. The summed E-state index contributed by atoms with van der Waals surface area (Å²) < 4.78 is 5.08. The minimum Gasteiger partial charge on any atom is -0.507 e. The molecule has 0 saturated carbocycles. The van der Waals surface area contributed by atoms with E-state index in [-0.39, 0.29) is 5.75 Å². The second-order valence-corrected chi connectivity index (χ2v) is 5.09. The predicted molar refractivity (Wildman–Crippen MR) is 82.5 cm³/mol. The van der Waals surface area contributed by atoms with E-state index in [9.17, 15) is 5.11 Å². The number of benzene rings is 2. The molecule has 20 heavy (non-hydrogen) atoms. The molecule has 0 heterocycles. The molecule has 106 valence electrons. The summed E-state index contributed by atoms with van der Waals surface area (Å²) in [6, 6.07) is 13.6. The average Bonchev–Trinajstić information content (AvgIpc) is 2.46. The van der Waals surface area contributed by atoms with Crippen molar-refractivity contribution >= 4 is 5.69 Å². The van der Waals surface area contributed by atoms with E-state index in [2.05, 4.69) is 31.3 Å². The Morgan fingerprint density at radius 3 is 2.55 bits per heavy atom. The molecular weight excluding hydrogens is 250 g/mol. The van der Waals surface area contributed by atoms with Crippen LogP contribution < -0.4 is 10.1 Å². The maximum absolute atomic E-state index is 9.96. The van der Waals surface area contributed by atoms with Crippen LogP contribution in [0.25, 0.3) is 0 Å². The molecule has 0 aliphatic rings. The SMILES string of the molecule is COc1ccc(CNc2ccccc2C(C)C)c(O)c1. The first kappa shape index (κ1) is 14.3. The first-order valence-corrected chi connectivity index (χ1v) is 6.80. The molecule has 0 aliphatic carbocycles. The number of nitrogens with one attached hydrogen (secondary N) is 1. The molecule has 0 fully saturated rings. The van der Waals surface area contributed by atoms with Crippen molar-refractivity contribution in [2.75, 3.05) is 12.4 Å². The van der Waals surface area contributed by atoms with Gasteiger partial charge in [0.25, 0.3) is 0 Å². The van der Waals surface area contributed by atoms with E-state index in [4.69, 9.17) is 4.74 Å². The summed E-state index contributed by atoms with van der Waals surface area (Å²) in [6.07, 6.45) is 0. The molecule has 0 unspecified atom stereocenters. The molecule has 2 rings (SSSR count). The molecule has 0 bridgehead atoms. The molecule has 0 aromatic heterocycles. The Hall–Kier alpha value is -2.16. The molecule has 2 aromatic rings. The monoisotopic (exact) mass is 271 g/mol. The number of para-hydroxylation sites is 1. The van der Waals surface area contributed by atoms with Gasteiger partial charge in [-0.3, -0.25) is 0 Å². The Morgan fingerprint density at radius 1 is 1.15 bits per heavy atom. The van der Waals surface area contributed by atoms with Gasteiger partial charge in [0.2, 0.25) is 0 Å². The Morgan fingerprint density at radius 2 is 1.90 bits per heavy atom. The number of aromatic hydroxyl groups is 1. The summed E-state index contributed by atoms with van der Waals surface area (Å²) in [6.45, 7) is 4.93. The van der Waals surface area contributed by atoms with Crippen molar-refractivity contribution in [3.8, 4) is 11.5 Å². The largest absolute Gasteiger partial charge is 0.507 e. The average molecular weight is 271 g/mol. The van der Waals surface area contributed by atoms with Gasteiger partial charge in [0.1, 0.15) is 11.5 Å². The summed E-state index contributed by atoms with van der Waals surface area (Å²) in [5, 5.41) is 13.3. The first-order valence-electron chi connectivity index (χ1n) is 6.80. The number of hydrogen-bond acceptors (Lipinski definition) is 3. The van der Waals surface area contributed by atoms with Gasteiger partial charge < -0.3 is 15.2 Å². The topological polar surface area (TPSA) is 41.5 Å². The summed E-state index contributed by atoms with van der Waals surface area (Å²) >= 11 is 0. The van der Waals surface area contributed by atoms with Crippen molar-refractivity contribution in [3.05, 3.63) is 53.6 Å². The summed E-state index contributed by atoms with van der Waals surface area (Å²) in [5.41, 5.74) is 3.24. The van der Waals surface area contributed by atoms with Gasteiger partial charge in [-0.1, -0.05) is 32.0 Å². The number of methoxy groups -OCH3 is 1. The lowest BCUT2D eigenvalue weighted by Gasteiger charge is -2.15. The number of hydrogen-bond donors (Lipinski definition) is 2. The van der Waals surface area contributed by atoms with Crippen LogP contribution in [0.2, 0.25) is 0 Å². The van der Waals surface area contributed by atoms with Gasteiger partial charge in [-0.25, -0.2) is 0 Å². The maximum atomic E-state index is 9.96. The van der Waals surface area contributed by atoms with E-state index in [1.165, 1.54) is 5.56 Å². The van der Waals surface area contributed by atoms with Crippen LogP contribution in [0.3, 0.4) is 0 Å². The van der Waals surface area contributed by atoms with Gasteiger partial charge in [0.05, 0.1) is 7.11 Å². The number of rotatable bonds is 5. The van der Waals surface area contributed by atoms with Crippen LogP contribution in [0.1, 0.15) is 30.9 Å². The van der Waals surface area contributed by atoms with E-state index in [1.807, 2.05) is 24.3 Å². The normalized spacial score (nSPS) is 10.6. The maximum Gasteiger partial charge on any atom is 0.124 e. The molecule has 3 heteroatoms. The van der Waals surface area contributed by atoms with Gasteiger partial charge >= 0.3 is 0 Å². The summed E-state index contributed by atoms with van der Waals surface area (Å²) in [4.78, 5) is 0. The lowest BCUT2D eigenvalue weighted by atomic mass is 10.0. The van der Waals surface area contributed by atoms with Gasteiger partial charge in [0.15, 0.2) is 0 Å². The highest BCUT2D eigenvalue weighted by atomic mass is 16.5. The van der Waals surface area contributed by atoms with E-state index < -0.39 is 0 Å². The van der Waals surface area contributed by atoms with Crippen molar-refractivity contribution in [2.24, 2.45) is 0 Å². The molecule has 3 nitrogen and oxygen atoms in total. The molecule has 2 N–H and O–H groups in total. The van der Waals surface area contributed by atoms with Crippen LogP contribution in [0, 0.1) is 0 Å². The van der Waals surface area contributed by atoms with Gasteiger partial charge in [-0.2, -0.15) is 0 Å². The third-order valence-corrected chi connectivity index (χ3v) is 3.34. The quantitative estimate of drug-likeness (QED) is 0.859. The van der Waals surface area contributed by atoms with E-state index in [0.717, 1.165) is 11.3 Å². The number of phenolic OH excluding ortho intramolecular Hbond substituents is 1. The third kappa shape index (κ3) is 3.23. The molecule has 2 aromatic carbocycles. The van der Waals surface area contributed by atoms with Gasteiger partial charge in [-0.05, 0) is 29.7 Å². The van der Waals surface area contributed by atoms with Crippen molar-refractivity contribution in [1.29, 1.82) is 0 Å². The number of phenols is 1. The Balaban J connectivity index is 2.13. The highest BCUT2D eigenvalue weighted by Gasteiger charge is 2.07. The van der Waals surface area contributed by atoms with Crippen LogP contribution in [0.4, 0.5) is 5.69 Å². The van der Waals surface area contributed by atoms with Crippen molar-refractivity contribution in [2.45, 2.75) is 26.3 Å². The lowest BCUT2D eigenvalue weighted by molar-refractivity contribution is 0.406. The first-order chi connectivity index (χ1) is 9.61. The third-order valence-electron chi connectivity index (χ3n) is 3.34. The van der Waals surface area contributed by atoms with Crippen molar-refractivity contribution in [1.82, 2.24) is 0 Å². The zero-order valence-electron chi connectivity index (χ0n) is 12.2. The van der Waals surface area contributed by atoms with Gasteiger partial charge in [-0.15, -0.1) is 0 Å². The zero-order valence-corrected chi connectivity index (χ0v) is 12.2. The summed E-state index contributed by atoms with van der Waals surface area (Å²) in [5.74, 6) is 1.37. The Labute approximate surface area is 120 Å². The van der Waals surface area contributed by atoms with Crippen LogP contribution in [0.15, 0.2) is 42.5 Å². The highest BCUT2D eigenvalue weighted by molar-refractivity contribution is 5.53. The standard InChI is InChI=1S/C17H21NO2/c1-12(2)15-6-4-5-7-16(15)18-11-13-8-9-14(20-3)10-17(13)19/h4-10,12,18-19H,11H2,1-3H3. The Kier molecular flexibility index (Phi) is 4.51. The second-order valence-electron chi connectivity index (χ2n) is 5.09. The van der Waals surface area contributed by atoms with Crippen LogP contribution >= 0.6 is 0 Å². The minimum atomic E-state index is 0.249. The molecule has 0 aliphatic heterocycles. The fourth-order valence-electron chi connectivity index (χ4n) is 2.17. The van der Waals surface area contributed by atoms with Crippen LogP contribution in [0.5, 0.6) is 11.5 Å². The molecular formula is C17H21NO2. The number of ether oxygens (including phenoxy) is 1. The van der Waals surface area contributed by atoms with Crippen LogP contribution in [-0.2, 0) is 6.54 Å². The van der Waals surface area contributed by atoms with Gasteiger partial charge in [0, 0.05) is 23.9 Å². The molecule has 0 spiro atoms. The zero-order chi connectivity index (χ0) is 14.5. The van der Waals surface area contributed by atoms with Crippen LogP contribution in [-0.4, -0.2) is 12.2 Å². The highest BCUT2D eigenvalue weighted by Crippen LogP contribution is 2.27. The lowest BCUT2D eigenvalue weighted by Crippen LogP contribution is -2.03. The van der Waals surface area contributed by atoms with Crippen molar-refractivity contribution < 1.29 is 9.84 Å². The summed E-state index contributed by atoms with van der Waals surface area (Å²) in [7, 11) is 1.59. The fourth-order valence-corrected chi connectivity index (χ4v) is 2.17. The van der Waals surface area contributed by atoms with E-state index in [0.29, 0.717) is 18.2 Å². The molecule has 0 amide bonds. The second kappa shape index (κ2) is 6.33. The van der Waals surface area contributed by atoms with E-state index >= 15 is 0 Å². The predicted octanol–water partition coefficient (Wildman–Crippen LogP) is 4.14. The van der Waals surface area contributed by atoms with E-state index in [1.54, 1.807) is 13.2 Å². The Bertz CT molecular complexity index is 579. The fraction of sp³-hybridized carbons (Fsp3) is 0.294. The van der Waals surface area contributed by atoms with Crippen molar-refractivity contribution in [3.63, 3.8) is 0 Å². The molecule has 0 saturated heterocycles. The molecule has 0 radical (unpaired) electrons. The number of anilines is 1. The smallest absolute Gasteiger partial charge is 0.124 e. The molecule has 0 atom stereocenters.